The Kier molecular flexibility index (Phi) is 7.14. The maximum absolute atomic E-state index is 13.4. The van der Waals surface area contributed by atoms with Crippen LogP contribution in [0.1, 0.15) is 23.6 Å². The lowest BCUT2D eigenvalue weighted by Gasteiger charge is -2.16. The minimum atomic E-state index is -0.267. The summed E-state index contributed by atoms with van der Waals surface area (Å²) in [5, 5.41) is 3.50. The van der Waals surface area contributed by atoms with Gasteiger partial charge in [0.1, 0.15) is 12.4 Å². The number of rotatable bonds is 8. The fourth-order valence-corrected chi connectivity index (χ4v) is 3.82. The van der Waals surface area contributed by atoms with Crippen LogP contribution in [-0.4, -0.2) is 7.11 Å². The van der Waals surface area contributed by atoms with Crippen LogP contribution in [0.3, 0.4) is 0 Å². The van der Waals surface area contributed by atoms with Crippen LogP contribution in [0.2, 0.25) is 0 Å². The van der Waals surface area contributed by atoms with Crippen LogP contribution < -0.4 is 14.8 Å². The van der Waals surface area contributed by atoms with E-state index in [2.05, 4.69) is 59.1 Å². The highest BCUT2D eigenvalue weighted by molar-refractivity contribution is 14.1. The molecule has 3 aromatic rings. The van der Waals surface area contributed by atoms with Crippen molar-refractivity contribution < 1.29 is 13.9 Å². The van der Waals surface area contributed by atoms with Gasteiger partial charge in [0.2, 0.25) is 0 Å². The number of benzene rings is 3. The lowest BCUT2D eigenvalue weighted by molar-refractivity contribution is 0.281. The minimum Gasteiger partial charge on any atom is -0.493 e. The van der Waals surface area contributed by atoms with Gasteiger partial charge in [0.05, 0.1) is 10.7 Å². The Bertz CT molecular complexity index is 946. The molecule has 0 bridgehead atoms. The van der Waals surface area contributed by atoms with Crippen LogP contribution >= 0.6 is 22.6 Å². The van der Waals surface area contributed by atoms with E-state index in [4.69, 9.17) is 9.47 Å². The molecule has 0 amide bonds. The number of methoxy groups -OCH3 is 1. The molecule has 28 heavy (non-hydrogen) atoms. The molecule has 0 atom stereocenters. The van der Waals surface area contributed by atoms with Crippen molar-refractivity contribution in [1.82, 2.24) is 0 Å². The highest BCUT2D eigenvalue weighted by atomic mass is 127. The topological polar surface area (TPSA) is 30.5 Å². The summed E-state index contributed by atoms with van der Waals surface area (Å²) in [4.78, 5) is 0. The quantitative estimate of drug-likeness (QED) is 0.381. The summed E-state index contributed by atoms with van der Waals surface area (Å²) in [5.74, 6) is 1.07. The van der Waals surface area contributed by atoms with Crippen LogP contribution in [-0.2, 0) is 19.6 Å². The smallest absolute Gasteiger partial charge is 0.174 e. The molecule has 0 spiro atoms. The minimum absolute atomic E-state index is 0.267. The van der Waals surface area contributed by atoms with Crippen LogP contribution in [0.25, 0.3) is 0 Å². The SMILES string of the molecule is CCc1ccccc1NCc1cc(I)c(OCc2cccc(F)c2)c(OC)c1. The first-order valence-electron chi connectivity index (χ1n) is 9.16. The number of hydrogen-bond donors (Lipinski definition) is 1. The van der Waals surface area contributed by atoms with Gasteiger partial charge >= 0.3 is 0 Å². The summed E-state index contributed by atoms with van der Waals surface area (Å²) in [7, 11) is 1.63. The molecule has 0 aliphatic rings. The normalized spacial score (nSPS) is 10.6. The third kappa shape index (κ3) is 5.16. The van der Waals surface area contributed by atoms with Gasteiger partial charge in [-0.15, -0.1) is 0 Å². The van der Waals surface area contributed by atoms with E-state index < -0.39 is 0 Å². The maximum atomic E-state index is 13.4. The van der Waals surface area contributed by atoms with E-state index in [0.29, 0.717) is 18.0 Å². The van der Waals surface area contributed by atoms with Crippen molar-refractivity contribution in [2.75, 3.05) is 12.4 Å². The van der Waals surface area contributed by atoms with E-state index in [1.54, 1.807) is 13.2 Å². The van der Waals surface area contributed by atoms with Crippen molar-refractivity contribution in [2.45, 2.75) is 26.5 Å². The number of aryl methyl sites for hydroxylation is 1. The molecule has 3 nitrogen and oxygen atoms in total. The molecule has 3 aromatic carbocycles. The number of halogens is 2. The monoisotopic (exact) mass is 491 g/mol. The van der Waals surface area contributed by atoms with Crippen LogP contribution in [0.15, 0.2) is 60.7 Å². The summed E-state index contributed by atoms with van der Waals surface area (Å²) in [5.41, 5.74) is 4.31. The Morgan fingerprint density at radius 2 is 1.82 bits per heavy atom. The van der Waals surface area contributed by atoms with Crippen molar-refractivity contribution in [1.29, 1.82) is 0 Å². The van der Waals surface area contributed by atoms with Crippen LogP contribution in [0.5, 0.6) is 11.5 Å². The van der Waals surface area contributed by atoms with Crippen molar-refractivity contribution in [3.05, 3.63) is 86.7 Å². The molecular formula is C23H23FINO2. The van der Waals surface area contributed by atoms with Crippen molar-refractivity contribution >= 4 is 28.3 Å². The second kappa shape index (κ2) is 9.78. The fourth-order valence-electron chi connectivity index (χ4n) is 3.00. The fraction of sp³-hybridized carbons (Fsp3) is 0.217. The predicted molar refractivity (Wildman–Crippen MR) is 120 cm³/mol. The summed E-state index contributed by atoms with van der Waals surface area (Å²) in [6.45, 7) is 3.12. The first-order chi connectivity index (χ1) is 13.6. The largest absolute Gasteiger partial charge is 0.493 e. The molecular weight excluding hydrogens is 468 g/mol. The van der Waals surface area contributed by atoms with Gasteiger partial charge < -0.3 is 14.8 Å². The first-order valence-corrected chi connectivity index (χ1v) is 10.2. The Balaban J connectivity index is 1.73. The zero-order chi connectivity index (χ0) is 19.9. The molecule has 0 aliphatic carbocycles. The average molecular weight is 491 g/mol. The van der Waals surface area contributed by atoms with Gasteiger partial charge in [-0.3, -0.25) is 0 Å². The highest BCUT2D eigenvalue weighted by Crippen LogP contribution is 2.35. The van der Waals surface area contributed by atoms with Crippen molar-refractivity contribution in [2.24, 2.45) is 0 Å². The van der Waals surface area contributed by atoms with Crippen molar-refractivity contribution in [3.8, 4) is 11.5 Å². The number of para-hydroxylation sites is 1. The molecule has 0 fully saturated rings. The van der Waals surface area contributed by atoms with Crippen molar-refractivity contribution in [3.63, 3.8) is 0 Å². The maximum Gasteiger partial charge on any atom is 0.174 e. The van der Waals surface area contributed by atoms with E-state index in [9.17, 15) is 4.39 Å². The number of anilines is 1. The second-order valence-corrected chi connectivity index (χ2v) is 7.55. The molecule has 0 radical (unpaired) electrons. The molecule has 5 heteroatoms. The lowest BCUT2D eigenvalue weighted by Crippen LogP contribution is -2.05. The number of ether oxygens (including phenoxy) is 2. The van der Waals surface area contributed by atoms with Crippen LogP contribution in [0, 0.1) is 9.39 Å². The first kappa shape index (κ1) is 20.5. The molecule has 146 valence electrons. The molecule has 0 heterocycles. The van der Waals surface area contributed by atoms with Gasteiger partial charge in [-0.05, 0) is 76.0 Å². The number of nitrogens with one attached hydrogen (secondary N) is 1. The van der Waals surface area contributed by atoms with E-state index in [1.165, 1.54) is 17.7 Å². The summed E-state index contributed by atoms with van der Waals surface area (Å²) >= 11 is 2.25. The van der Waals surface area contributed by atoms with E-state index in [0.717, 1.165) is 26.8 Å². The van der Waals surface area contributed by atoms with Gasteiger partial charge in [0, 0.05) is 12.2 Å². The van der Waals surface area contributed by atoms with Gasteiger partial charge in [-0.25, -0.2) is 4.39 Å². The molecule has 0 saturated heterocycles. The van der Waals surface area contributed by atoms with Crippen LogP contribution in [0.4, 0.5) is 10.1 Å². The third-order valence-electron chi connectivity index (χ3n) is 4.44. The molecule has 3 rings (SSSR count). The predicted octanol–water partition coefficient (Wildman–Crippen LogP) is 6.19. The summed E-state index contributed by atoms with van der Waals surface area (Å²) in [6, 6.07) is 18.8. The Labute approximate surface area is 179 Å². The third-order valence-corrected chi connectivity index (χ3v) is 5.24. The Hall–Kier alpha value is -2.28. The average Bonchev–Trinajstić information content (AvgIpc) is 2.71. The zero-order valence-electron chi connectivity index (χ0n) is 16.0. The molecule has 1 N–H and O–H groups in total. The Morgan fingerprint density at radius 3 is 2.57 bits per heavy atom. The molecule has 0 aliphatic heterocycles. The lowest BCUT2D eigenvalue weighted by atomic mass is 10.1. The Morgan fingerprint density at radius 1 is 1.00 bits per heavy atom. The molecule has 0 saturated carbocycles. The molecule has 0 aromatic heterocycles. The van der Waals surface area contributed by atoms with Gasteiger partial charge in [0.15, 0.2) is 11.5 Å². The van der Waals surface area contributed by atoms with Gasteiger partial charge in [-0.2, -0.15) is 0 Å². The standard InChI is InChI=1S/C23H23FINO2/c1-3-18-8-4-5-10-21(18)26-14-17-12-20(25)23(22(13-17)27-2)28-15-16-7-6-9-19(24)11-16/h4-13,26H,3,14-15H2,1-2H3. The van der Waals surface area contributed by atoms with E-state index in [-0.39, 0.29) is 12.4 Å². The van der Waals surface area contributed by atoms with Gasteiger partial charge in [0.25, 0.3) is 0 Å². The second-order valence-electron chi connectivity index (χ2n) is 6.39. The summed E-state index contributed by atoms with van der Waals surface area (Å²) < 4.78 is 25.8. The highest BCUT2D eigenvalue weighted by Gasteiger charge is 2.12. The van der Waals surface area contributed by atoms with E-state index in [1.807, 2.05) is 18.2 Å². The van der Waals surface area contributed by atoms with Gasteiger partial charge in [-0.1, -0.05) is 37.3 Å². The molecule has 0 unspecified atom stereocenters. The zero-order valence-corrected chi connectivity index (χ0v) is 18.1. The summed E-state index contributed by atoms with van der Waals surface area (Å²) in [6.07, 6.45) is 0.983. The number of hydrogen-bond acceptors (Lipinski definition) is 3. The van der Waals surface area contributed by atoms with E-state index >= 15 is 0 Å².